The number of fused-ring (bicyclic) bond motifs is 3. The summed E-state index contributed by atoms with van der Waals surface area (Å²) in [5.41, 5.74) is 3.28. The van der Waals surface area contributed by atoms with Crippen LogP contribution in [0.5, 0.6) is 5.88 Å². The second-order valence-electron chi connectivity index (χ2n) is 12.4. The number of alkyl halides is 3. The van der Waals surface area contributed by atoms with E-state index in [-0.39, 0.29) is 27.4 Å². The largest absolute Gasteiger partial charge is 0.467 e. The monoisotopic (exact) mass is 587 g/mol. The first-order valence-corrected chi connectivity index (χ1v) is 14.6. The fourth-order valence-corrected chi connectivity index (χ4v) is 7.32. The molecule has 0 unspecified atom stereocenters. The highest BCUT2D eigenvalue weighted by Crippen LogP contribution is 2.57. The molecule has 1 aromatic heterocycles. The van der Waals surface area contributed by atoms with Crippen molar-refractivity contribution in [3.05, 3.63) is 75.9 Å². The number of nitrogens with zero attached hydrogens (tertiary/aromatic N) is 2. The third kappa shape index (κ3) is 5.72. The van der Waals surface area contributed by atoms with E-state index < -0.39 is 24.4 Å². The lowest BCUT2D eigenvalue weighted by Crippen LogP contribution is -2.53. The van der Waals surface area contributed by atoms with Gasteiger partial charge in [0.25, 0.3) is 5.91 Å². The summed E-state index contributed by atoms with van der Waals surface area (Å²) < 4.78 is 46.9. The molecule has 5 rings (SSSR count). The van der Waals surface area contributed by atoms with E-state index in [0.717, 1.165) is 42.9 Å². The van der Waals surface area contributed by atoms with Crippen molar-refractivity contribution in [3.63, 3.8) is 0 Å². The summed E-state index contributed by atoms with van der Waals surface area (Å²) in [6.45, 7) is 9.11. The molecule has 0 spiro atoms. The van der Waals surface area contributed by atoms with Crippen LogP contribution >= 0.6 is 11.6 Å². The van der Waals surface area contributed by atoms with Crippen LogP contribution in [0.15, 0.2) is 48.5 Å². The zero-order chi connectivity index (χ0) is 29.6. The molecule has 3 aromatic rings. The van der Waals surface area contributed by atoms with Crippen molar-refractivity contribution in [2.24, 2.45) is 11.3 Å². The van der Waals surface area contributed by atoms with Gasteiger partial charge < -0.3 is 10.1 Å². The molecular formula is C32H37ClF3N3O2. The van der Waals surface area contributed by atoms with E-state index in [4.69, 9.17) is 16.3 Å². The maximum Gasteiger partial charge on any atom is 0.435 e. The Hall–Kier alpha value is -3.00. The first-order chi connectivity index (χ1) is 19.3. The Labute approximate surface area is 244 Å². The van der Waals surface area contributed by atoms with Gasteiger partial charge in [0, 0.05) is 12.6 Å². The first-order valence-electron chi connectivity index (χ1n) is 14.3. The molecule has 0 radical (unpaired) electrons. The summed E-state index contributed by atoms with van der Waals surface area (Å²) in [5, 5.41) is 6.89. The molecular weight excluding hydrogens is 551 g/mol. The van der Waals surface area contributed by atoms with Crippen molar-refractivity contribution >= 4 is 17.5 Å². The Balaban J connectivity index is 1.29. The molecule has 0 aliphatic heterocycles. The predicted molar refractivity (Wildman–Crippen MR) is 154 cm³/mol. The molecule has 1 fully saturated rings. The SMILES string of the molecule is CC(C)c1ccc2c(c1)CC[C@H]1[C@](C)(CNC(=O)COc3cc(C(F)(F)F)nn3-c3ccccc3Cl)CCC[C@]21C. The van der Waals surface area contributed by atoms with Gasteiger partial charge in [-0.3, -0.25) is 4.79 Å². The second kappa shape index (κ2) is 11.0. The molecule has 1 heterocycles. The Morgan fingerprint density at radius 1 is 1.17 bits per heavy atom. The molecule has 0 saturated heterocycles. The molecule has 5 nitrogen and oxygen atoms in total. The smallest absolute Gasteiger partial charge is 0.435 e. The minimum absolute atomic E-state index is 0.0345. The molecule has 2 aliphatic rings. The number of aryl methyl sites for hydroxylation is 1. The number of amides is 1. The highest BCUT2D eigenvalue weighted by atomic mass is 35.5. The number of nitrogens with one attached hydrogen (secondary N) is 1. The summed E-state index contributed by atoms with van der Waals surface area (Å²) in [6.07, 6.45) is 0.595. The molecule has 2 aromatic carbocycles. The minimum Gasteiger partial charge on any atom is -0.467 e. The van der Waals surface area contributed by atoms with E-state index in [0.29, 0.717) is 18.4 Å². The lowest BCUT2D eigenvalue weighted by molar-refractivity contribution is -0.141. The van der Waals surface area contributed by atoms with Crippen LogP contribution in [0.1, 0.15) is 81.7 Å². The van der Waals surface area contributed by atoms with Crippen LogP contribution in [0.3, 0.4) is 0 Å². The third-order valence-electron chi connectivity index (χ3n) is 9.26. The zero-order valence-electron chi connectivity index (χ0n) is 23.9. The molecule has 0 bridgehead atoms. The van der Waals surface area contributed by atoms with Crippen molar-refractivity contribution in [2.45, 2.75) is 77.3 Å². The number of para-hydroxylation sites is 1. The van der Waals surface area contributed by atoms with Crippen molar-refractivity contribution in [1.29, 1.82) is 0 Å². The van der Waals surface area contributed by atoms with Crippen LogP contribution in [0.25, 0.3) is 5.69 Å². The van der Waals surface area contributed by atoms with Gasteiger partial charge in [0.1, 0.15) is 0 Å². The predicted octanol–water partition coefficient (Wildman–Crippen LogP) is 7.87. The van der Waals surface area contributed by atoms with E-state index in [2.05, 4.69) is 56.3 Å². The summed E-state index contributed by atoms with van der Waals surface area (Å²) in [5.74, 6) is 0.292. The van der Waals surface area contributed by atoms with Gasteiger partial charge in [-0.05, 0) is 77.2 Å². The van der Waals surface area contributed by atoms with Crippen molar-refractivity contribution in [3.8, 4) is 11.6 Å². The zero-order valence-corrected chi connectivity index (χ0v) is 24.7. The number of benzene rings is 2. The van der Waals surface area contributed by atoms with Gasteiger partial charge in [-0.1, -0.05) is 76.0 Å². The van der Waals surface area contributed by atoms with Gasteiger partial charge in [0.15, 0.2) is 12.3 Å². The highest BCUT2D eigenvalue weighted by Gasteiger charge is 2.51. The third-order valence-corrected chi connectivity index (χ3v) is 9.58. The van der Waals surface area contributed by atoms with E-state index >= 15 is 0 Å². The molecule has 1 amide bonds. The van der Waals surface area contributed by atoms with Gasteiger partial charge in [0.2, 0.25) is 5.88 Å². The first kappa shape index (κ1) is 29.5. The van der Waals surface area contributed by atoms with Crippen LogP contribution in [-0.4, -0.2) is 28.8 Å². The number of rotatable bonds is 7. The van der Waals surface area contributed by atoms with E-state index in [1.165, 1.54) is 22.8 Å². The topological polar surface area (TPSA) is 56.1 Å². The van der Waals surface area contributed by atoms with Crippen molar-refractivity contribution in [1.82, 2.24) is 15.1 Å². The average molecular weight is 588 g/mol. The Morgan fingerprint density at radius 3 is 2.63 bits per heavy atom. The number of hydrogen-bond acceptors (Lipinski definition) is 3. The standard InChI is InChI=1S/C32H37ClF3N3O2/c1-20(2)21-10-12-23-22(16-21)11-13-26-30(3,14-7-15-31(23,26)4)19-37-28(40)18-41-29-17-27(32(34,35)36)38-39(29)25-9-6-5-8-24(25)33/h5-6,8-10,12,16-17,20,26H,7,11,13-15,18-19H2,1-4H3,(H,37,40)/t26-,30-,31+/m0/s1. The van der Waals surface area contributed by atoms with Crippen LogP contribution in [0, 0.1) is 11.3 Å². The maximum absolute atomic E-state index is 13.4. The van der Waals surface area contributed by atoms with Crippen LogP contribution in [-0.2, 0) is 22.8 Å². The molecule has 41 heavy (non-hydrogen) atoms. The van der Waals surface area contributed by atoms with Gasteiger partial charge in [-0.2, -0.15) is 23.0 Å². The number of carbonyl (C=O) groups excluding carboxylic acids is 1. The van der Waals surface area contributed by atoms with Crippen LogP contribution in [0.4, 0.5) is 13.2 Å². The molecule has 1 saturated carbocycles. The number of carbonyl (C=O) groups is 1. The van der Waals surface area contributed by atoms with Crippen LogP contribution < -0.4 is 10.1 Å². The summed E-state index contributed by atoms with van der Waals surface area (Å²) in [4.78, 5) is 12.9. The average Bonchev–Trinajstić information content (AvgIpc) is 3.35. The highest BCUT2D eigenvalue weighted by molar-refractivity contribution is 6.32. The quantitative estimate of drug-likeness (QED) is 0.306. The normalized spacial score (nSPS) is 24.1. The maximum atomic E-state index is 13.4. The number of ether oxygens (including phenoxy) is 1. The van der Waals surface area contributed by atoms with E-state index in [1.54, 1.807) is 18.2 Å². The molecule has 3 atom stereocenters. The Morgan fingerprint density at radius 2 is 1.93 bits per heavy atom. The van der Waals surface area contributed by atoms with Gasteiger partial charge in [0.05, 0.1) is 10.7 Å². The van der Waals surface area contributed by atoms with E-state index in [9.17, 15) is 18.0 Å². The summed E-state index contributed by atoms with van der Waals surface area (Å²) in [6, 6.07) is 14.1. The summed E-state index contributed by atoms with van der Waals surface area (Å²) in [7, 11) is 0. The second-order valence-corrected chi connectivity index (χ2v) is 12.8. The summed E-state index contributed by atoms with van der Waals surface area (Å²) >= 11 is 6.21. The van der Waals surface area contributed by atoms with Crippen LogP contribution in [0.2, 0.25) is 5.02 Å². The lowest BCUT2D eigenvalue weighted by Gasteiger charge is -2.55. The van der Waals surface area contributed by atoms with Crippen molar-refractivity contribution in [2.75, 3.05) is 13.2 Å². The Bertz CT molecular complexity index is 1440. The fourth-order valence-electron chi connectivity index (χ4n) is 7.11. The van der Waals surface area contributed by atoms with Gasteiger partial charge in [-0.15, -0.1) is 0 Å². The Kier molecular flexibility index (Phi) is 7.92. The number of hydrogen-bond donors (Lipinski definition) is 1. The minimum atomic E-state index is -4.68. The molecule has 9 heteroatoms. The fraction of sp³-hybridized carbons (Fsp3) is 0.500. The lowest BCUT2D eigenvalue weighted by atomic mass is 9.49. The van der Waals surface area contributed by atoms with Gasteiger partial charge in [-0.25, -0.2) is 0 Å². The van der Waals surface area contributed by atoms with Gasteiger partial charge >= 0.3 is 6.18 Å². The number of aromatic nitrogens is 2. The molecule has 220 valence electrons. The molecule has 1 N–H and O–H groups in total. The number of halogens is 4. The van der Waals surface area contributed by atoms with Crippen molar-refractivity contribution < 1.29 is 22.7 Å². The molecule has 2 aliphatic carbocycles. The van der Waals surface area contributed by atoms with E-state index in [1.807, 2.05) is 0 Å².